The molecule has 0 unspecified atom stereocenters. The third kappa shape index (κ3) is 1.43. The van der Waals surface area contributed by atoms with Crippen LogP contribution in [0, 0.1) is 11.3 Å². The molecule has 2 rings (SSSR count). The molecule has 0 saturated heterocycles. The summed E-state index contributed by atoms with van der Waals surface area (Å²) in [6.07, 6.45) is 3.97. The molecule has 0 aliphatic carbocycles. The van der Waals surface area contributed by atoms with Crippen molar-refractivity contribution in [1.29, 1.82) is 5.26 Å². The van der Waals surface area contributed by atoms with Crippen LogP contribution >= 0.6 is 15.9 Å². The predicted molar refractivity (Wildman–Crippen MR) is 53.1 cm³/mol. The van der Waals surface area contributed by atoms with Crippen molar-refractivity contribution in [2.24, 2.45) is 0 Å². The molecular weight excluding hydrogens is 230 g/mol. The normalized spacial score (nSPS) is 10.2. The first-order valence-electron chi connectivity index (χ1n) is 3.79. The lowest BCUT2D eigenvalue weighted by molar-refractivity contribution is 1.27. The number of nitrogens with one attached hydrogen (secondary N) is 1. The van der Waals surface area contributed by atoms with E-state index >= 15 is 0 Å². The Morgan fingerprint density at radius 3 is 3.23 bits per heavy atom. The third-order valence-corrected chi connectivity index (χ3v) is 2.29. The highest BCUT2D eigenvalue weighted by atomic mass is 79.9. The van der Waals surface area contributed by atoms with Crippen LogP contribution in [-0.4, -0.2) is 9.97 Å². The van der Waals surface area contributed by atoms with Crippen molar-refractivity contribution in [2.45, 2.75) is 6.42 Å². The zero-order chi connectivity index (χ0) is 9.26. The highest BCUT2D eigenvalue weighted by Crippen LogP contribution is 2.20. The van der Waals surface area contributed by atoms with Crippen molar-refractivity contribution in [1.82, 2.24) is 9.97 Å². The fourth-order valence-corrected chi connectivity index (χ4v) is 1.60. The molecule has 13 heavy (non-hydrogen) atoms. The summed E-state index contributed by atoms with van der Waals surface area (Å²) in [6.45, 7) is 0. The number of nitriles is 1. The molecule has 2 aromatic rings. The van der Waals surface area contributed by atoms with E-state index in [4.69, 9.17) is 5.26 Å². The van der Waals surface area contributed by atoms with Crippen LogP contribution in [0.1, 0.15) is 5.56 Å². The molecule has 2 heterocycles. The number of H-pyrrole nitrogens is 1. The largest absolute Gasteiger partial charge is 0.346 e. The Hall–Kier alpha value is -1.34. The van der Waals surface area contributed by atoms with Gasteiger partial charge in [0.25, 0.3) is 0 Å². The minimum Gasteiger partial charge on any atom is -0.346 e. The van der Waals surface area contributed by atoms with Crippen LogP contribution in [0.5, 0.6) is 0 Å². The number of hydrogen-bond donors (Lipinski definition) is 1. The first-order valence-corrected chi connectivity index (χ1v) is 4.59. The number of halogens is 1. The van der Waals surface area contributed by atoms with E-state index < -0.39 is 0 Å². The van der Waals surface area contributed by atoms with E-state index in [0.717, 1.165) is 21.1 Å². The molecule has 64 valence electrons. The second-order valence-electron chi connectivity index (χ2n) is 2.70. The SMILES string of the molecule is N#CCc1c[nH]c2ncc(Br)cc12. The van der Waals surface area contributed by atoms with Crippen molar-refractivity contribution in [2.75, 3.05) is 0 Å². The number of aromatic nitrogens is 2. The molecule has 0 aliphatic rings. The summed E-state index contributed by atoms with van der Waals surface area (Å²) in [6, 6.07) is 4.08. The zero-order valence-corrected chi connectivity index (χ0v) is 8.30. The Morgan fingerprint density at radius 2 is 2.46 bits per heavy atom. The van der Waals surface area contributed by atoms with E-state index in [-0.39, 0.29) is 0 Å². The first kappa shape index (κ1) is 8.27. The van der Waals surface area contributed by atoms with Gasteiger partial charge in [0.15, 0.2) is 0 Å². The predicted octanol–water partition coefficient (Wildman–Crippen LogP) is 2.39. The average Bonchev–Trinajstić information content (AvgIpc) is 2.49. The molecule has 4 heteroatoms. The molecule has 0 spiro atoms. The summed E-state index contributed by atoms with van der Waals surface area (Å²) in [4.78, 5) is 7.19. The smallest absolute Gasteiger partial charge is 0.137 e. The van der Waals surface area contributed by atoms with Crippen molar-refractivity contribution in [3.63, 3.8) is 0 Å². The second-order valence-corrected chi connectivity index (χ2v) is 3.61. The quantitative estimate of drug-likeness (QED) is 0.826. The van der Waals surface area contributed by atoms with E-state index in [1.165, 1.54) is 0 Å². The minimum atomic E-state index is 0.415. The van der Waals surface area contributed by atoms with Crippen LogP contribution in [0.25, 0.3) is 11.0 Å². The van der Waals surface area contributed by atoms with Crippen LogP contribution in [0.15, 0.2) is 22.9 Å². The van der Waals surface area contributed by atoms with Gasteiger partial charge in [-0.05, 0) is 27.6 Å². The fraction of sp³-hybridized carbons (Fsp3) is 0.111. The summed E-state index contributed by atoms with van der Waals surface area (Å²) >= 11 is 3.34. The number of hydrogen-bond acceptors (Lipinski definition) is 2. The van der Waals surface area contributed by atoms with Crippen molar-refractivity contribution >= 4 is 27.0 Å². The van der Waals surface area contributed by atoms with Gasteiger partial charge in [0.1, 0.15) is 5.65 Å². The van der Waals surface area contributed by atoms with Gasteiger partial charge >= 0.3 is 0 Å². The van der Waals surface area contributed by atoms with Gasteiger partial charge in [-0.25, -0.2) is 4.98 Å². The van der Waals surface area contributed by atoms with Gasteiger partial charge in [-0.15, -0.1) is 0 Å². The number of rotatable bonds is 1. The molecule has 0 bridgehead atoms. The molecule has 1 N–H and O–H groups in total. The first-order chi connectivity index (χ1) is 6.31. The van der Waals surface area contributed by atoms with E-state index in [9.17, 15) is 0 Å². The van der Waals surface area contributed by atoms with E-state index in [1.54, 1.807) is 6.20 Å². The Balaban J connectivity index is 2.66. The summed E-state index contributed by atoms with van der Waals surface area (Å²) in [5, 5.41) is 9.58. The Kier molecular flexibility index (Phi) is 2.03. The standard InChI is InChI=1S/C9H6BrN3/c10-7-3-8-6(1-2-11)4-12-9(8)13-5-7/h3-5H,1H2,(H,12,13). The molecule has 0 saturated carbocycles. The lowest BCUT2D eigenvalue weighted by Gasteiger charge is -1.92. The molecule has 0 fully saturated rings. The fourth-order valence-electron chi connectivity index (χ4n) is 1.26. The Bertz CT molecular complexity index is 481. The van der Waals surface area contributed by atoms with Crippen LogP contribution in [0.2, 0.25) is 0 Å². The second kappa shape index (κ2) is 3.19. The van der Waals surface area contributed by atoms with Crippen LogP contribution in [0.4, 0.5) is 0 Å². The lowest BCUT2D eigenvalue weighted by Crippen LogP contribution is -1.79. The van der Waals surface area contributed by atoms with Gasteiger partial charge < -0.3 is 4.98 Å². The molecule has 0 aliphatic heterocycles. The molecule has 0 atom stereocenters. The van der Waals surface area contributed by atoms with Crippen LogP contribution < -0.4 is 0 Å². The van der Waals surface area contributed by atoms with Gasteiger partial charge in [-0.3, -0.25) is 0 Å². The summed E-state index contributed by atoms with van der Waals surface area (Å²) in [5.74, 6) is 0. The number of nitrogens with zero attached hydrogens (tertiary/aromatic N) is 2. The highest BCUT2D eigenvalue weighted by molar-refractivity contribution is 9.10. The molecule has 0 aromatic carbocycles. The van der Waals surface area contributed by atoms with Gasteiger partial charge in [0.2, 0.25) is 0 Å². The van der Waals surface area contributed by atoms with Crippen LogP contribution in [-0.2, 0) is 6.42 Å². The summed E-state index contributed by atoms with van der Waals surface area (Å²) in [7, 11) is 0. The minimum absolute atomic E-state index is 0.415. The summed E-state index contributed by atoms with van der Waals surface area (Å²) < 4.78 is 0.929. The number of aromatic amines is 1. The van der Waals surface area contributed by atoms with E-state index in [1.807, 2.05) is 12.3 Å². The maximum atomic E-state index is 8.57. The number of pyridine rings is 1. The van der Waals surface area contributed by atoms with E-state index in [0.29, 0.717) is 6.42 Å². The monoisotopic (exact) mass is 235 g/mol. The molecule has 0 radical (unpaired) electrons. The Morgan fingerprint density at radius 1 is 1.62 bits per heavy atom. The average molecular weight is 236 g/mol. The van der Waals surface area contributed by atoms with Crippen molar-refractivity contribution in [3.05, 3.63) is 28.5 Å². The third-order valence-electron chi connectivity index (χ3n) is 1.85. The van der Waals surface area contributed by atoms with Gasteiger partial charge in [0, 0.05) is 22.3 Å². The lowest BCUT2D eigenvalue weighted by atomic mass is 10.2. The zero-order valence-electron chi connectivity index (χ0n) is 6.71. The number of fused-ring (bicyclic) bond motifs is 1. The topological polar surface area (TPSA) is 52.5 Å². The van der Waals surface area contributed by atoms with Crippen molar-refractivity contribution in [3.8, 4) is 6.07 Å². The summed E-state index contributed by atoms with van der Waals surface area (Å²) in [5.41, 5.74) is 1.82. The van der Waals surface area contributed by atoms with Crippen molar-refractivity contribution < 1.29 is 0 Å². The van der Waals surface area contributed by atoms with Gasteiger partial charge in [0.05, 0.1) is 12.5 Å². The van der Waals surface area contributed by atoms with Gasteiger partial charge in [-0.1, -0.05) is 0 Å². The van der Waals surface area contributed by atoms with Crippen LogP contribution in [0.3, 0.4) is 0 Å². The van der Waals surface area contributed by atoms with Gasteiger partial charge in [-0.2, -0.15) is 5.26 Å². The molecule has 0 amide bonds. The molecule has 3 nitrogen and oxygen atoms in total. The highest BCUT2D eigenvalue weighted by Gasteiger charge is 2.03. The van der Waals surface area contributed by atoms with E-state index in [2.05, 4.69) is 32.0 Å². The maximum Gasteiger partial charge on any atom is 0.137 e. The molecular formula is C9H6BrN3. The Labute approximate surface area is 83.5 Å². The maximum absolute atomic E-state index is 8.57. The molecule has 2 aromatic heterocycles.